The highest BCUT2D eigenvalue weighted by Gasteiger charge is 2.18. The summed E-state index contributed by atoms with van der Waals surface area (Å²) < 4.78 is 1.40. The van der Waals surface area contributed by atoms with Crippen molar-refractivity contribution in [2.75, 3.05) is 0 Å². The van der Waals surface area contributed by atoms with E-state index in [1.54, 1.807) is 36.4 Å². The number of benzene rings is 2. The number of nitrogens with zero attached hydrogens (tertiary/aromatic N) is 4. The Bertz CT molecular complexity index is 1280. The van der Waals surface area contributed by atoms with Gasteiger partial charge in [0.1, 0.15) is 17.0 Å². The van der Waals surface area contributed by atoms with Gasteiger partial charge in [0.2, 0.25) is 0 Å². The molecule has 4 rings (SSSR count). The van der Waals surface area contributed by atoms with Crippen LogP contribution in [0.15, 0.2) is 59.4 Å². The largest absolute Gasteiger partial charge is 0.382 e. The van der Waals surface area contributed by atoms with Crippen molar-refractivity contribution in [1.29, 1.82) is 10.7 Å². The quantitative estimate of drug-likeness (QED) is 0.381. The Labute approximate surface area is 153 Å². The number of nitrogen functional groups attached to an aromatic ring is 1. The van der Waals surface area contributed by atoms with Crippen molar-refractivity contribution in [2.45, 2.75) is 0 Å². The summed E-state index contributed by atoms with van der Waals surface area (Å²) in [5.41, 5.74) is 7.68. The number of fused-ring (bicyclic) bond motifs is 1. The fourth-order valence-corrected chi connectivity index (χ4v) is 2.85. The summed E-state index contributed by atoms with van der Waals surface area (Å²) in [6.45, 7) is 0. The van der Waals surface area contributed by atoms with Gasteiger partial charge in [-0.15, -0.1) is 0 Å². The van der Waals surface area contributed by atoms with Crippen LogP contribution in [-0.4, -0.2) is 25.4 Å². The van der Waals surface area contributed by atoms with E-state index in [0.717, 1.165) is 0 Å². The molecule has 0 radical (unpaired) electrons. The van der Waals surface area contributed by atoms with Crippen LogP contribution in [0.25, 0.3) is 28.2 Å². The molecule has 4 aromatic rings. The van der Waals surface area contributed by atoms with Crippen molar-refractivity contribution in [1.82, 2.24) is 19.5 Å². The fourth-order valence-electron chi connectivity index (χ4n) is 2.85. The maximum Gasteiger partial charge on any atom is 0.332 e. The lowest BCUT2D eigenvalue weighted by Gasteiger charge is -2.07. The molecule has 130 valence electrons. The first-order valence-corrected chi connectivity index (χ1v) is 8.01. The van der Waals surface area contributed by atoms with Gasteiger partial charge in [-0.1, -0.05) is 30.3 Å². The molecule has 0 spiro atoms. The Hall–Kier alpha value is -4.25. The number of H-pyrrole nitrogens is 1. The van der Waals surface area contributed by atoms with E-state index in [2.05, 4.69) is 21.0 Å². The van der Waals surface area contributed by atoms with Crippen molar-refractivity contribution in [2.24, 2.45) is 5.73 Å². The maximum atomic E-state index is 12.5. The topological polar surface area (TPSA) is 137 Å². The van der Waals surface area contributed by atoms with Crippen molar-refractivity contribution in [3.8, 4) is 23.1 Å². The number of aromatic nitrogens is 4. The number of para-hydroxylation sites is 1. The van der Waals surface area contributed by atoms with E-state index in [9.17, 15) is 4.79 Å². The molecule has 27 heavy (non-hydrogen) atoms. The number of aromatic amines is 1. The van der Waals surface area contributed by atoms with Gasteiger partial charge >= 0.3 is 5.69 Å². The lowest BCUT2D eigenvalue weighted by molar-refractivity contribution is 0.998. The highest BCUT2D eigenvalue weighted by Crippen LogP contribution is 2.22. The Morgan fingerprint density at radius 3 is 2.63 bits per heavy atom. The van der Waals surface area contributed by atoms with Gasteiger partial charge in [-0.3, -0.25) is 5.41 Å². The van der Waals surface area contributed by atoms with Crippen LogP contribution in [0.4, 0.5) is 0 Å². The average Bonchev–Trinajstić information content (AvgIpc) is 3.03. The van der Waals surface area contributed by atoms with Gasteiger partial charge in [0.15, 0.2) is 11.5 Å². The predicted molar refractivity (Wildman–Crippen MR) is 101 cm³/mol. The van der Waals surface area contributed by atoms with Crippen LogP contribution in [0.5, 0.6) is 0 Å². The first kappa shape index (κ1) is 16.2. The number of amidine groups is 1. The van der Waals surface area contributed by atoms with E-state index >= 15 is 0 Å². The second kappa shape index (κ2) is 6.24. The molecule has 0 fully saturated rings. The second-order valence-corrected chi connectivity index (χ2v) is 5.80. The van der Waals surface area contributed by atoms with Gasteiger partial charge in [-0.05, 0) is 24.3 Å². The van der Waals surface area contributed by atoms with Crippen LogP contribution in [0, 0.1) is 16.7 Å². The summed E-state index contributed by atoms with van der Waals surface area (Å²) in [4.78, 5) is 24.1. The zero-order chi connectivity index (χ0) is 19.0. The van der Waals surface area contributed by atoms with Crippen molar-refractivity contribution in [3.63, 3.8) is 0 Å². The molecule has 4 N–H and O–H groups in total. The van der Waals surface area contributed by atoms with Crippen LogP contribution in [-0.2, 0) is 0 Å². The van der Waals surface area contributed by atoms with Crippen LogP contribution in [0.2, 0.25) is 0 Å². The van der Waals surface area contributed by atoms with Crippen LogP contribution >= 0.6 is 0 Å². The maximum absolute atomic E-state index is 12.5. The minimum absolute atomic E-state index is 0.129. The van der Waals surface area contributed by atoms with Crippen LogP contribution < -0.4 is 11.4 Å². The summed E-state index contributed by atoms with van der Waals surface area (Å²) in [5, 5.41) is 17.0. The zero-order valence-electron chi connectivity index (χ0n) is 14.0. The molecule has 0 saturated heterocycles. The zero-order valence-corrected chi connectivity index (χ0v) is 14.0. The van der Waals surface area contributed by atoms with Crippen molar-refractivity contribution in [3.05, 3.63) is 76.3 Å². The molecule has 2 aromatic heterocycles. The molecule has 8 heteroatoms. The Morgan fingerprint density at radius 1 is 1.15 bits per heavy atom. The predicted octanol–water partition coefficient (Wildman–Crippen LogP) is 1.93. The molecule has 8 nitrogen and oxygen atoms in total. The van der Waals surface area contributed by atoms with E-state index in [1.165, 1.54) is 4.57 Å². The van der Waals surface area contributed by atoms with Gasteiger partial charge in [0.25, 0.3) is 0 Å². The molecule has 0 aliphatic carbocycles. The summed E-state index contributed by atoms with van der Waals surface area (Å²) in [6.07, 6.45) is 0. The standard InChI is InChI=1S/C19H13N7O/c20-10-11-5-4-6-12(9-11)17-23-14(16(21)22)15-18(25-17)26(19(27)24-15)13-7-2-1-3-8-13/h1-9H,(H3,21,22)(H,24,27). The number of imidazole rings is 1. The normalized spacial score (nSPS) is 10.6. The number of hydrogen-bond acceptors (Lipinski definition) is 5. The first-order chi connectivity index (χ1) is 13.1. The van der Waals surface area contributed by atoms with Crippen LogP contribution in [0.1, 0.15) is 11.3 Å². The third-order valence-corrected chi connectivity index (χ3v) is 4.06. The number of nitrogens with two attached hydrogens (primary N) is 1. The highest BCUT2D eigenvalue weighted by atomic mass is 16.1. The van der Waals surface area contributed by atoms with E-state index in [1.807, 2.05) is 18.2 Å². The molecule has 2 heterocycles. The van der Waals surface area contributed by atoms with Crippen LogP contribution in [0.3, 0.4) is 0 Å². The van der Waals surface area contributed by atoms with E-state index in [-0.39, 0.29) is 22.9 Å². The Kier molecular flexibility index (Phi) is 3.75. The summed E-state index contributed by atoms with van der Waals surface area (Å²) in [6, 6.07) is 17.9. The van der Waals surface area contributed by atoms with Gasteiger partial charge in [0, 0.05) is 5.56 Å². The number of hydrogen-bond donors (Lipinski definition) is 3. The minimum Gasteiger partial charge on any atom is -0.382 e. The molecule has 2 aromatic carbocycles. The number of nitriles is 1. The summed E-state index contributed by atoms with van der Waals surface area (Å²) in [5.74, 6) is -0.0185. The molecule has 0 atom stereocenters. The smallest absolute Gasteiger partial charge is 0.332 e. The monoisotopic (exact) mass is 355 g/mol. The molecule has 0 aliphatic heterocycles. The third kappa shape index (κ3) is 2.73. The fraction of sp³-hybridized carbons (Fsp3) is 0. The molecule has 0 aliphatic rings. The Morgan fingerprint density at radius 2 is 1.93 bits per heavy atom. The molecule has 0 bridgehead atoms. The lowest BCUT2D eigenvalue weighted by atomic mass is 10.1. The summed E-state index contributed by atoms with van der Waals surface area (Å²) in [7, 11) is 0. The van der Waals surface area contributed by atoms with Crippen molar-refractivity contribution >= 4 is 17.0 Å². The van der Waals surface area contributed by atoms with E-state index < -0.39 is 5.69 Å². The summed E-state index contributed by atoms with van der Waals surface area (Å²) >= 11 is 0. The first-order valence-electron chi connectivity index (χ1n) is 8.01. The van der Waals surface area contributed by atoms with Gasteiger partial charge in [0.05, 0.1) is 17.3 Å². The third-order valence-electron chi connectivity index (χ3n) is 4.06. The Balaban J connectivity index is 2.07. The molecular formula is C19H13N7O. The number of nitrogens with one attached hydrogen (secondary N) is 2. The molecule has 0 unspecified atom stereocenters. The minimum atomic E-state index is -0.407. The van der Waals surface area contributed by atoms with Gasteiger partial charge in [-0.2, -0.15) is 5.26 Å². The molecule has 0 saturated carbocycles. The highest BCUT2D eigenvalue weighted by molar-refractivity contribution is 6.03. The molecular weight excluding hydrogens is 342 g/mol. The van der Waals surface area contributed by atoms with E-state index in [4.69, 9.17) is 16.4 Å². The van der Waals surface area contributed by atoms with E-state index in [0.29, 0.717) is 22.5 Å². The lowest BCUT2D eigenvalue weighted by Crippen LogP contribution is -2.15. The van der Waals surface area contributed by atoms with Crippen molar-refractivity contribution < 1.29 is 0 Å². The average molecular weight is 355 g/mol. The SMILES string of the molecule is N#Cc1cccc(-c2nc(C(=N)N)c3[nH]c(=O)n(-c4ccccc4)c3n2)c1. The van der Waals surface area contributed by atoms with Gasteiger partial charge < -0.3 is 10.7 Å². The number of rotatable bonds is 3. The second-order valence-electron chi connectivity index (χ2n) is 5.80. The van der Waals surface area contributed by atoms with Gasteiger partial charge in [-0.25, -0.2) is 19.3 Å². The molecule has 0 amide bonds.